The molecule has 0 aliphatic heterocycles. The largest absolute Gasteiger partial charge is 0.480 e. The summed E-state index contributed by atoms with van der Waals surface area (Å²) in [5.41, 5.74) is -0.266. The van der Waals surface area contributed by atoms with E-state index in [1.807, 2.05) is 20.8 Å². The van der Waals surface area contributed by atoms with Crippen molar-refractivity contribution in [1.82, 2.24) is 9.36 Å². The number of aliphatic carboxylic acids is 1. The van der Waals surface area contributed by atoms with Crippen LogP contribution in [0.2, 0.25) is 0 Å². The third kappa shape index (κ3) is 2.66. The predicted molar refractivity (Wildman–Crippen MR) is 54.6 cm³/mol. The number of carboxylic acid groups (broad SMARTS) is 1. The highest BCUT2D eigenvalue weighted by Crippen LogP contribution is 2.23. The fourth-order valence-corrected chi connectivity index (χ4v) is 1.73. The highest BCUT2D eigenvalue weighted by molar-refractivity contribution is 7.09. The molecule has 1 heterocycles. The smallest absolute Gasteiger partial charge is 0.323 e. The van der Waals surface area contributed by atoms with Crippen LogP contribution in [0.5, 0.6) is 0 Å². The van der Waals surface area contributed by atoms with Crippen LogP contribution in [-0.2, 0) is 4.79 Å². The maximum Gasteiger partial charge on any atom is 0.323 e. The Balaban J connectivity index is 2.89. The van der Waals surface area contributed by atoms with Crippen LogP contribution in [0.1, 0.15) is 20.8 Å². The van der Waals surface area contributed by atoms with E-state index in [4.69, 9.17) is 5.11 Å². The molecule has 1 aromatic rings. The molecule has 0 fully saturated rings. The number of anilines is 1. The summed E-state index contributed by atoms with van der Waals surface area (Å²) in [7, 11) is 0. The van der Waals surface area contributed by atoms with E-state index < -0.39 is 5.97 Å². The maximum atomic E-state index is 10.7. The van der Waals surface area contributed by atoms with Crippen LogP contribution in [-0.4, -0.2) is 32.5 Å². The number of carbonyl (C=O) groups is 1. The van der Waals surface area contributed by atoms with Crippen LogP contribution in [0.4, 0.5) is 5.13 Å². The van der Waals surface area contributed by atoms with E-state index >= 15 is 0 Å². The molecular formula is C8H13N3O2S. The lowest BCUT2D eigenvalue weighted by atomic mass is 10.1. The number of aromatic nitrogens is 2. The Kier molecular flexibility index (Phi) is 3.05. The van der Waals surface area contributed by atoms with E-state index in [0.29, 0.717) is 5.13 Å². The number of nitrogens with zero attached hydrogens (tertiary/aromatic N) is 3. The van der Waals surface area contributed by atoms with E-state index in [0.717, 1.165) is 0 Å². The molecule has 0 atom stereocenters. The molecule has 0 unspecified atom stereocenters. The van der Waals surface area contributed by atoms with Crippen LogP contribution in [0.25, 0.3) is 0 Å². The van der Waals surface area contributed by atoms with Gasteiger partial charge in [-0.15, -0.1) is 0 Å². The van der Waals surface area contributed by atoms with Gasteiger partial charge in [0.1, 0.15) is 12.9 Å². The zero-order valence-corrected chi connectivity index (χ0v) is 9.21. The minimum atomic E-state index is -0.866. The lowest BCUT2D eigenvalue weighted by Gasteiger charge is -2.33. The van der Waals surface area contributed by atoms with Gasteiger partial charge in [0, 0.05) is 17.1 Å². The van der Waals surface area contributed by atoms with Crippen molar-refractivity contribution < 1.29 is 9.90 Å². The summed E-state index contributed by atoms with van der Waals surface area (Å²) in [5.74, 6) is -0.866. The van der Waals surface area contributed by atoms with Crippen molar-refractivity contribution in [3.8, 4) is 0 Å². The van der Waals surface area contributed by atoms with Crippen molar-refractivity contribution in [2.24, 2.45) is 0 Å². The molecule has 1 N–H and O–H groups in total. The average Bonchev–Trinajstić information content (AvgIpc) is 2.49. The van der Waals surface area contributed by atoms with Gasteiger partial charge in [-0.1, -0.05) is 0 Å². The Bertz CT molecular complexity index is 305. The van der Waals surface area contributed by atoms with Crippen molar-refractivity contribution in [2.45, 2.75) is 26.3 Å². The third-order valence-corrected chi connectivity index (χ3v) is 2.37. The van der Waals surface area contributed by atoms with Gasteiger partial charge in [0.2, 0.25) is 5.13 Å². The molecule has 0 radical (unpaired) electrons. The summed E-state index contributed by atoms with van der Waals surface area (Å²) in [5, 5.41) is 9.40. The van der Waals surface area contributed by atoms with Crippen molar-refractivity contribution in [2.75, 3.05) is 11.4 Å². The molecule has 0 saturated carbocycles. The van der Waals surface area contributed by atoms with E-state index in [2.05, 4.69) is 9.36 Å². The molecule has 0 amide bonds. The van der Waals surface area contributed by atoms with E-state index in [1.54, 1.807) is 4.90 Å². The van der Waals surface area contributed by atoms with Crippen molar-refractivity contribution in [1.29, 1.82) is 0 Å². The molecule has 1 rings (SSSR count). The van der Waals surface area contributed by atoms with Gasteiger partial charge in [-0.25, -0.2) is 4.98 Å². The molecule has 0 spiro atoms. The molecule has 5 nitrogen and oxygen atoms in total. The first-order chi connectivity index (χ1) is 6.41. The normalized spacial score (nSPS) is 11.4. The van der Waals surface area contributed by atoms with Crippen molar-refractivity contribution in [3.63, 3.8) is 0 Å². The summed E-state index contributed by atoms with van der Waals surface area (Å²) in [6.45, 7) is 5.77. The summed E-state index contributed by atoms with van der Waals surface area (Å²) in [4.78, 5) is 16.4. The quantitative estimate of drug-likeness (QED) is 0.821. The molecule has 0 aliphatic rings. The van der Waals surface area contributed by atoms with Gasteiger partial charge in [-0.3, -0.25) is 4.79 Å². The highest BCUT2D eigenvalue weighted by Gasteiger charge is 2.25. The summed E-state index contributed by atoms with van der Waals surface area (Å²) < 4.78 is 3.86. The van der Waals surface area contributed by atoms with Crippen LogP contribution in [0.3, 0.4) is 0 Å². The van der Waals surface area contributed by atoms with Gasteiger partial charge in [0.25, 0.3) is 0 Å². The molecule has 1 aromatic heterocycles. The Labute approximate surface area is 86.6 Å². The van der Waals surface area contributed by atoms with E-state index in [-0.39, 0.29) is 12.1 Å². The fraction of sp³-hybridized carbons (Fsp3) is 0.625. The average molecular weight is 215 g/mol. The standard InChI is InChI=1S/C8H13N3O2S/c1-8(2,3)11(4-6(12)13)7-9-5-10-14-7/h5H,4H2,1-3H3,(H,12,13). The van der Waals surface area contributed by atoms with Gasteiger partial charge in [0.15, 0.2) is 0 Å². The second-order valence-corrected chi connectivity index (χ2v) is 4.63. The zero-order chi connectivity index (χ0) is 10.8. The molecule has 0 aliphatic carbocycles. The van der Waals surface area contributed by atoms with Gasteiger partial charge in [-0.05, 0) is 20.8 Å². The monoisotopic (exact) mass is 215 g/mol. The molecule has 14 heavy (non-hydrogen) atoms. The molecular weight excluding hydrogens is 202 g/mol. The van der Waals surface area contributed by atoms with Gasteiger partial charge < -0.3 is 10.0 Å². The SMILES string of the molecule is CC(C)(C)N(CC(=O)O)c1ncns1. The predicted octanol–water partition coefficient (Wildman–Crippen LogP) is 1.23. The molecule has 0 aromatic carbocycles. The summed E-state index contributed by atoms with van der Waals surface area (Å²) in [6, 6.07) is 0. The molecule has 0 saturated heterocycles. The minimum absolute atomic E-state index is 0.0569. The lowest BCUT2D eigenvalue weighted by molar-refractivity contribution is -0.135. The number of hydrogen-bond donors (Lipinski definition) is 1. The number of carboxylic acids is 1. The van der Waals surface area contributed by atoms with E-state index in [1.165, 1.54) is 17.9 Å². The van der Waals surface area contributed by atoms with Crippen LogP contribution in [0, 0.1) is 0 Å². The van der Waals surface area contributed by atoms with E-state index in [9.17, 15) is 4.79 Å². The van der Waals surface area contributed by atoms with Gasteiger partial charge >= 0.3 is 5.97 Å². The second-order valence-electron chi connectivity index (χ2n) is 3.87. The molecule has 6 heteroatoms. The zero-order valence-electron chi connectivity index (χ0n) is 8.39. The number of rotatable bonds is 3. The Morgan fingerprint density at radius 3 is 2.64 bits per heavy atom. The van der Waals surface area contributed by atoms with Crippen LogP contribution >= 0.6 is 11.5 Å². The summed E-state index contributed by atoms with van der Waals surface area (Å²) in [6.07, 6.45) is 1.43. The number of hydrogen-bond acceptors (Lipinski definition) is 5. The Morgan fingerprint density at radius 2 is 2.29 bits per heavy atom. The minimum Gasteiger partial charge on any atom is -0.480 e. The first kappa shape index (κ1) is 10.9. The maximum absolute atomic E-state index is 10.7. The summed E-state index contributed by atoms with van der Waals surface area (Å²) >= 11 is 1.20. The topological polar surface area (TPSA) is 66.3 Å². The van der Waals surface area contributed by atoms with Crippen LogP contribution in [0.15, 0.2) is 6.33 Å². The first-order valence-corrected chi connectivity index (χ1v) is 4.94. The van der Waals surface area contributed by atoms with Crippen LogP contribution < -0.4 is 4.90 Å². The van der Waals surface area contributed by atoms with Gasteiger partial charge in [-0.2, -0.15) is 4.37 Å². The molecule has 0 bridgehead atoms. The Morgan fingerprint density at radius 1 is 1.64 bits per heavy atom. The third-order valence-electron chi connectivity index (χ3n) is 1.68. The van der Waals surface area contributed by atoms with Gasteiger partial charge in [0.05, 0.1) is 0 Å². The van der Waals surface area contributed by atoms with Crippen molar-refractivity contribution >= 4 is 22.6 Å². The first-order valence-electron chi connectivity index (χ1n) is 4.17. The second kappa shape index (κ2) is 3.91. The lowest BCUT2D eigenvalue weighted by Crippen LogP contribution is -2.44. The molecule has 78 valence electrons. The highest BCUT2D eigenvalue weighted by atomic mass is 32.1. The fourth-order valence-electron chi connectivity index (χ4n) is 1.01. The van der Waals surface area contributed by atoms with Crippen molar-refractivity contribution in [3.05, 3.63) is 6.33 Å². The Hall–Kier alpha value is -1.17.